The molecule has 4 nitrogen and oxygen atoms in total. The van der Waals surface area contributed by atoms with Crippen molar-refractivity contribution in [2.45, 2.75) is 20.8 Å². The fraction of sp³-hybridized carbons (Fsp3) is 0.222. The van der Waals surface area contributed by atoms with Crippen LogP contribution in [0.4, 0.5) is 5.69 Å². The van der Waals surface area contributed by atoms with E-state index in [9.17, 15) is 9.59 Å². The fourth-order valence-electron chi connectivity index (χ4n) is 1.68. The summed E-state index contributed by atoms with van der Waals surface area (Å²) in [5.74, 6) is -0.649. The summed E-state index contributed by atoms with van der Waals surface area (Å²) < 4.78 is 4.82. The van der Waals surface area contributed by atoms with Gasteiger partial charge in [-0.1, -0.05) is 47.5 Å². The van der Waals surface area contributed by atoms with Gasteiger partial charge in [0.05, 0.1) is 22.9 Å². The first-order valence-electron chi connectivity index (χ1n) is 7.20. The van der Waals surface area contributed by atoms with Crippen molar-refractivity contribution in [1.82, 2.24) is 0 Å². The third-order valence-corrected chi connectivity index (χ3v) is 3.04. The quantitative estimate of drug-likeness (QED) is 0.843. The molecular weight excluding hydrogens is 314 g/mol. The average molecular weight is 334 g/mol. The molecule has 2 aromatic rings. The second-order valence-corrected chi connectivity index (χ2v) is 5.16. The van der Waals surface area contributed by atoms with Crippen LogP contribution in [-0.2, 0) is 9.53 Å². The molecule has 0 saturated carbocycles. The number of esters is 1. The minimum absolute atomic E-state index is 0.217. The first-order valence-corrected chi connectivity index (χ1v) is 7.57. The Hall–Kier alpha value is -2.33. The highest BCUT2D eigenvalue weighted by Gasteiger charge is 2.09. The van der Waals surface area contributed by atoms with Crippen molar-refractivity contribution < 1.29 is 14.3 Å². The van der Waals surface area contributed by atoms with Gasteiger partial charge in [-0.05, 0) is 32.0 Å². The van der Waals surface area contributed by atoms with Crippen molar-refractivity contribution in [3.8, 4) is 0 Å². The Balaban J connectivity index is 0.000000313. The molecule has 0 fully saturated rings. The molecule has 0 aliphatic carbocycles. The molecule has 0 spiro atoms. The number of anilines is 1. The maximum atomic E-state index is 11.4. The monoisotopic (exact) mass is 333 g/mol. The number of amides is 1. The number of hydrogen-bond acceptors (Lipinski definition) is 3. The van der Waals surface area contributed by atoms with Gasteiger partial charge in [-0.15, -0.1) is 0 Å². The number of benzene rings is 2. The minimum Gasteiger partial charge on any atom is -0.462 e. The first kappa shape index (κ1) is 18.7. The zero-order valence-corrected chi connectivity index (χ0v) is 14.2. The van der Waals surface area contributed by atoms with E-state index in [0.29, 0.717) is 22.9 Å². The molecule has 5 heteroatoms. The molecule has 1 amide bonds. The molecule has 0 aliphatic rings. The Bertz CT molecular complexity index is 657. The summed E-state index contributed by atoms with van der Waals surface area (Å²) in [4.78, 5) is 22.2. The molecule has 122 valence electrons. The number of ether oxygens (including phenoxy) is 1. The van der Waals surface area contributed by atoms with E-state index in [-0.39, 0.29) is 5.91 Å². The smallest absolute Gasteiger partial charge is 0.338 e. The zero-order chi connectivity index (χ0) is 17.2. The predicted molar refractivity (Wildman–Crippen MR) is 92.9 cm³/mol. The summed E-state index contributed by atoms with van der Waals surface area (Å²) in [7, 11) is 0. The van der Waals surface area contributed by atoms with Gasteiger partial charge in [0.2, 0.25) is 5.91 Å². The lowest BCUT2D eigenvalue weighted by Crippen LogP contribution is -2.08. The Labute approximate surface area is 141 Å². The van der Waals surface area contributed by atoms with Crippen LogP contribution in [0.5, 0.6) is 0 Å². The van der Waals surface area contributed by atoms with Crippen LogP contribution in [0.15, 0.2) is 48.5 Å². The van der Waals surface area contributed by atoms with E-state index >= 15 is 0 Å². The Kier molecular flexibility index (Phi) is 7.84. The summed E-state index contributed by atoms with van der Waals surface area (Å²) >= 11 is 5.90. The molecule has 1 N–H and O–H groups in total. The van der Waals surface area contributed by atoms with Gasteiger partial charge < -0.3 is 10.1 Å². The van der Waals surface area contributed by atoms with Crippen molar-refractivity contribution in [3.05, 3.63) is 64.7 Å². The van der Waals surface area contributed by atoms with E-state index < -0.39 is 5.97 Å². The Morgan fingerprint density at radius 2 is 1.78 bits per heavy atom. The van der Waals surface area contributed by atoms with Crippen LogP contribution >= 0.6 is 11.6 Å². The lowest BCUT2D eigenvalue weighted by molar-refractivity contribution is -0.114. The van der Waals surface area contributed by atoms with Gasteiger partial charge >= 0.3 is 5.97 Å². The van der Waals surface area contributed by atoms with Gasteiger partial charge in [0.25, 0.3) is 0 Å². The molecule has 0 radical (unpaired) electrons. The van der Waals surface area contributed by atoms with Crippen molar-refractivity contribution in [1.29, 1.82) is 0 Å². The second kappa shape index (κ2) is 9.64. The van der Waals surface area contributed by atoms with Gasteiger partial charge in [0.1, 0.15) is 0 Å². The summed E-state index contributed by atoms with van der Waals surface area (Å²) in [6.07, 6.45) is 0. The van der Waals surface area contributed by atoms with E-state index in [1.807, 2.05) is 18.2 Å². The Morgan fingerprint density at radius 3 is 2.22 bits per heavy atom. The van der Waals surface area contributed by atoms with Gasteiger partial charge in [-0.25, -0.2) is 4.79 Å². The molecule has 23 heavy (non-hydrogen) atoms. The van der Waals surface area contributed by atoms with Crippen LogP contribution < -0.4 is 5.32 Å². The van der Waals surface area contributed by atoms with Gasteiger partial charge in [-0.2, -0.15) is 0 Å². The number of carbonyl (C=O) groups is 2. The van der Waals surface area contributed by atoms with Crippen LogP contribution in [-0.4, -0.2) is 18.5 Å². The van der Waals surface area contributed by atoms with E-state index in [1.165, 1.54) is 18.6 Å². The van der Waals surface area contributed by atoms with Gasteiger partial charge in [0.15, 0.2) is 0 Å². The van der Waals surface area contributed by atoms with E-state index in [0.717, 1.165) is 0 Å². The molecular formula is C18H20ClNO3. The number of aryl methyl sites for hydroxylation is 1. The molecule has 2 aromatic carbocycles. The first-order chi connectivity index (χ1) is 10.9. The molecule has 0 heterocycles. The van der Waals surface area contributed by atoms with Crippen LogP contribution in [0.1, 0.15) is 29.8 Å². The average Bonchev–Trinajstić information content (AvgIpc) is 2.50. The fourth-order valence-corrected chi connectivity index (χ4v) is 1.91. The molecule has 0 unspecified atom stereocenters. The Morgan fingerprint density at radius 1 is 1.13 bits per heavy atom. The largest absolute Gasteiger partial charge is 0.462 e. The lowest BCUT2D eigenvalue weighted by atomic mass is 10.2. The maximum absolute atomic E-state index is 11.4. The second-order valence-electron chi connectivity index (χ2n) is 4.75. The topological polar surface area (TPSA) is 55.4 Å². The summed E-state index contributed by atoms with van der Waals surface area (Å²) in [6, 6.07) is 14.8. The van der Waals surface area contributed by atoms with E-state index in [4.69, 9.17) is 16.3 Å². The van der Waals surface area contributed by atoms with Crippen LogP contribution in [0.25, 0.3) is 0 Å². The van der Waals surface area contributed by atoms with Crippen LogP contribution in [0.3, 0.4) is 0 Å². The molecule has 0 aliphatic heterocycles. The summed E-state index contributed by atoms with van der Waals surface area (Å²) in [5.41, 5.74) is 2.16. The van der Waals surface area contributed by atoms with Gasteiger partial charge in [0, 0.05) is 6.92 Å². The molecule has 0 atom stereocenters. The molecule has 0 aromatic heterocycles. The highest BCUT2D eigenvalue weighted by Crippen LogP contribution is 2.23. The highest BCUT2D eigenvalue weighted by atomic mass is 35.5. The zero-order valence-electron chi connectivity index (χ0n) is 13.4. The van der Waals surface area contributed by atoms with Crippen molar-refractivity contribution in [3.63, 3.8) is 0 Å². The van der Waals surface area contributed by atoms with E-state index in [1.54, 1.807) is 19.1 Å². The van der Waals surface area contributed by atoms with Crippen molar-refractivity contribution in [2.75, 3.05) is 11.9 Å². The number of nitrogens with one attached hydrogen (secondary N) is 1. The summed E-state index contributed by atoms with van der Waals surface area (Å²) in [6.45, 7) is 5.50. The van der Waals surface area contributed by atoms with E-state index in [2.05, 4.69) is 24.4 Å². The number of halogens is 1. The third-order valence-electron chi connectivity index (χ3n) is 2.73. The number of carbonyl (C=O) groups excluding carboxylic acids is 2. The predicted octanol–water partition coefficient (Wildman–Crippen LogP) is 4.47. The standard InChI is InChI=1S/C11H12ClNO3.C7H8/c1-3-16-11(15)8-4-5-10(9(12)6-8)13-7(2)14;1-7-5-3-2-4-6-7/h4-6H,3H2,1-2H3,(H,13,14);2-6H,1H3. The lowest BCUT2D eigenvalue weighted by Gasteiger charge is -2.06. The van der Waals surface area contributed by atoms with Gasteiger partial charge in [-0.3, -0.25) is 4.79 Å². The maximum Gasteiger partial charge on any atom is 0.338 e. The highest BCUT2D eigenvalue weighted by molar-refractivity contribution is 6.34. The summed E-state index contributed by atoms with van der Waals surface area (Å²) in [5, 5.41) is 2.85. The molecule has 0 bridgehead atoms. The minimum atomic E-state index is -0.432. The van der Waals surface area contributed by atoms with Crippen molar-refractivity contribution in [2.24, 2.45) is 0 Å². The third kappa shape index (κ3) is 6.98. The van der Waals surface area contributed by atoms with Crippen LogP contribution in [0.2, 0.25) is 5.02 Å². The van der Waals surface area contributed by atoms with Crippen molar-refractivity contribution >= 4 is 29.2 Å². The SMILES string of the molecule is CCOC(=O)c1ccc(NC(C)=O)c(Cl)c1.Cc1ccccc1. The van der Waals surface area contributed by atoms with Crippen LogP contribution in [0, 0.1) is 6.92 Å². The number of rotatable bonds is 3. The number of hydrogen-bond donors (Lipinski definition) is 1. The molecule has 2 rings (SSSR count). The normalized spacial score (nSPS) is 9.39. The molecule has 0 saturated heterocycles.